The van der Waals surface area contributed by atoms with Crippen LogP contribution in [-0.4, -0.2) is 26.3 Å². The number of hydrogen-bond donors (Lipinski definition) is 0. The van der Waals surface area contributed by atoms with E-state index in [1.165, 1.54) is 77.0 Å². The Morgan fingerprint density at radius 3 is 1.54 bits per heavy atom. The van der Waals surface area contributed by atoms with Crippen LogP contribution in [0, 0.1) is 5.92 Å². The molecule has 0 spiro atoms. The van der Waals surface area contributed by atoms with E-state index >= 15 is 0 Å². The van der Waals surface area contributed by atoms with Gasteiger partial charge in [0.1, 0.15) is 0 Å². The highest BCUT2D eigenvalue weighted by molar-refractivity contribution is 4.87. The fourth-order valence-corrected chi connectivity index (χ4v) is 3.60. The van der Waals surface area contributed by atoms with Crippen LogP contribution >= 0.6 is 0 Å². The van der Waals surface area contributed by atoms with Crippen molar-refractivity contribution in [1.82, 2.24) is 0 Å². The van der Waals surface area contributed by atoms with E-state index < -0.39 is 5.97 Å². The summed E-state index contributed by atoms with van der Waals surface area (Å²) in [6.45, 7) is 12.2. The van der Waals surface area contributed by atoms with Crippen LogP contribution in [0.25, 0.3) is 0 Å². The first-order valence-electron chi connectivity index (χ1n) is 12.2. The van der Waals surface area contributed by atoms with Crippen molar-refractivity contribution < 1.29 is 14.2 Å². The van der Waals surface area contributed by atoms with Crippen LogP contribution in [0.3, 0.4) is 0 Å². The molecule has 1 atom stereocenters. The third-order valence-electron chi connectivity index (χ3n) is 5.49. The van der Waals surface area contributed by atoms with Gasteiger partial charge in [0.15, 0.2) is 0 Å². The Hall–Kier alpha value is -0.380. The lowest BCUT2D eigenvalue weighted by Gasteiger charge is -2.37. The topological polar surface area (TPSA) is 27.7 Å². The highest BCUT2D eigenvalue weighted by Gasteiger charge is 2.39. The second kappa shape index (κ2) is 19.9. The monoisotopic (exact) mass is 398 g/mol. The van der Waals surface area contributed by atoms with E-state index in [2.05, 4.69) is 27.4 Å². The van der Waals surface area contributed by atoms with Gasteiger partial charge in [-0.1, -0.05) is 104 Å². The maximum atomic E-state index is 6.26. The third-order valence-corrected chi connectivity index (χ3v) is 5.49. The van der Waals surface area contributed by atoms with Gasteiger partial charge in [0.05, 0.1) is 19.1 Å². The summed E-state index contributed by atoms with van der Waals surface area (Å²) >= 11 is 0. The summed E-state index contributed by atoms with van der Waals surface area (Å²) in [4.78, 5) is 0. The number of ether oxygens (including phenoxy) is 3. The average Bonchev–Trinajstić information content (AvgIpc) is 2.72. The number of hydrogen-bond acceptors (Lipinski definition) is 3. The first-order valence-corrected chi connectivity index (χ1v) is 12.2. The van der Waals surface area contributed by atoms with Gasteiger partial charge in [0.2, 0.25) is 0 Å². The van der Waals surface area contributed by atoms with Crippen molar-refractivity contribution in [2.75, 3.05) is 20.3 Å². The molecule has 0 saturated heterocycles. The summed E-state index contributed by atoms with van der Waals surface area (Å²) in [7, 11) is 1.72. The van der Waals surface area contributed by atoms with Crippen molar-refractivity contribution in [2.24, 2.45) is 5.92 Å². The zero-order valence-corrected chi connectivity index (χ0v) is 19.6. The molecule has 0 rings (SSSR count). The van der Waals surface area contributed by atoms with Crippen LogP contribution < -0.4 is 0 Å². The summed E-state index contributed by atoms with van der Waals surface area (Å²) in [6, 6.07) is 0. The summed E-state index contributed by atoms with van der Waals surface area (Å²) in [5, 5.41) is 0. The molecule has 0 saturated carbocycles. The summed E-state index contributed by atoms with van der Waals surface area (Å²) in [5.74, 6) is -0.898. The number of unbranched alkanes of at least 4 members (excludes halogenated alkanes) is 11. The van der Waals surface area contributed by atoms with Crippen LogP contribution in [-0.2, 0) is 14.2 Å². The summed E-state index contributed by atoms with van der Waals surface area (Å²) in [6.07, 6.45) is 20.2. The SMILES string of the molecule is C=CC(CCCCCCCC)C(OC)(OCCCCCC)OCCCCCC. The highest BCUT2D eigenvalue weighted by atomic mass is 16.9. The van der Waals surface area contributed by atoms with E-state index in [4.69, 9.17) is 14.2 Å². The molecule has 3 heteroatoms. The van der Waals surface area contributed by atoms with E-state index in [1.54, 1.807) is 7.11 Å². The molecule has 0 radical (unpaired) electrons. The minimum atomic E-state index is -0.969. The first-order chi connectivity index (χ1) is 13.7. The van der Waals surface area contributed by atoms with Gasteiger partial charge in [0.25, 0.3) is 5.97 Å². The maximum absolute atomic E-state index is 6.26. The van der Waals surface area contributed by atoms with Crippen LogP contribution in [0.1, 0.15) is 117 Å². The van der Waals surface area contributed by atoms with Crippen molar-refractivity contribution in [2.45, 2.75) is 123 Å². The van der Waals surface area contributed by atoms with Crippen LogP contribution in [0.4, 0.5) is 0 Å². The van der Waals surface area contributed by atoms with Gasteiger partial charge in [-0.25, -0.2) is 0 Å². The standard InChI is InChI=1S/C25H50O3/c1-6-10-13-16-17-18-21-24(9-4)25(26-5,27-22-19-14-11-7-2)28-23-20-15-12-8-3/h9,24H,4,6-8,10-23H2,1-3,5H3. The fourth-order valence-electron chi connectivity index (χ4n) is 3.60. The Bertz CT molecular complexity index is 316. The quantitative estimate of drug-likeness (QED) is 0.105. The molecule has 0 aliphatic heterocycles. The summed E-state index contributed by atoms with van der Waals surface area (Å²) < 4.78 is 18.4. The Labute approximate surface area is 176 Å². The van der Waals surface area contributed by atoms with Crippen molar-refractivity contribution in [1.29, 1.82) is 0 Å². The van der Waals surface area contributed by atoms with Crippen molar-refractivity contribution in [3.63, 3.8) is 0 Å². The largest absolute Gasteiger partial charge is 0.330 e. The molecule has 0 bridgehead atoms. The second-order valence-corrected chi connectivity index (χ2v) is 8.02. The number of rotatable bonds is 22. The Balaban J connectivity index is 4.68. The molecule has 0 heterocycles. The molecule has 28 heavy (non-hydrogen) atoms. The molecule has 0 amide bonds. The van der Waals surface area contributed by atoms with Gasteiger partial charge in [-0.3, -0.25) is 0 Å². The average molecular weight is 399 g/mol. The molecular weight excluding hydrogens is 348 g/mol. The van der Waals surface area contributed by atoms with Crippen LogP contribution in [0.15, 0.2) is 12.7 Å². The maximum Gasteiger partial charge on any atom is 0.289 e. The Kier molecular flexibility index (Phi) is 19.6. The first kappa shape index (κ1) is 27.6. The molecular formula is C25H50O3. The van der Waals surface area contributed by atoms with E-state index in [-0.39, 0.29) is 5.92 Å². The van der Waals surface area contributed by atoms with Crippen LogP contribution in [0.2, 0.25) is 0 Å². The Morgan fingerprint density at radius 1 is 0.679 bits per heavy atom. The van der Waals surface area contributed by atoms with E-state index in [0.717, 1.165) is 19.3 Å². The molecule has 0 aromatic rings. The van der Waals surface area contributed by atoms with Gasteiger partial charge in [-0.05, 0) is 19.3 Å². The lowest BCUT2D eigenvalue weighted by molar-refractivity contribution is -0.391. The van der Waals surface area contributed by atoms with Gasteiger partial charge < -0.3 is 14.2 Å². The Morgan fingerprint density at radius 2 is 1.11 bits per heavy atom. The highest BCUT2D eigenvalue weighted by Crippen LogP contribution is 2.31. The minimum absolute atomic E-state index is 0.0704. The minimum Gasteiger partial charge on any atom is -0.330 e. The van der Waals surface area contributed by atoms with Gasteiger partial charge in [-0.15, -0.1) is 6.58 Å². The molecule has 0 aromatic carbocycles. The van der Waals surface area contributed by atoms with Crippen molar-refractivity contribution in [3.8, 4) is 0 Å². The number of methoxy groups -OCH3 is 1. The molecule has 168 valence electrons. The van der Waals surface area contributed by atoms with Gasteiger partial charge in [-0.2, -0.15) is 0 Å². The molecule has 0 aromatic heterocycles. The molecule has 0 N–H and O–H groups in total. The smallest absolute Gasteiger partial charge is 0.289 e. The molecule has 0 aliphatic carbocycles. The van der Waals surface area contributed by atoms with Gasteiger partial charge in [0, 0.05) is 7.11 Å². The van der Waals surface area contributed by atoms with Crippen LogP contribution in [0.5, 0.6) is 0 Å². The molecule has 0 aliphatic rings. The van der Waals surface area contributed by atoms with Crippen molar-refractivity contribution >= 4 is 0 Å². The van der Waals surface area contributed by atoms with E-state index in [0.29, 0.717) is 13.2 Å². The third kappa shape index (κ3) is 13.0. The predicted molar refractivity (Wildman–Crippen MR) is 122 cm³/mol. The lowest BCUT2D eigenvalue weighted by atomic mass is 9.97. The normalized spacial score (nSPS) is 13.0. The fraction of sp³-hybridized carbons (Fsp3) is 0.920. The molecule has 1 unspecified atom stereocenters. The molecule has 3 nitrogen and oxygen atoms in total. The predicted octanol–water partition coefficient (Wildman–Crippen LogP) is 8.03. The van der Waals surface area contributed by atoms with Gasteiger partial charge >= 0.3 is 0 Å². The summed E-state index contributed by atoms with van der Waals surface area (Å²) in [5.41, 5.74) is 0. The lowest BCUT2D eigenvalue weighted by Crippen LogP contribution is -2.45. The molecule has 0 fully saturated rings. The van der Waals surface area contributed by atoms with E-state index in [9.17, 15) is 0 Å². The second-order valence-electron chi connectivity index (χ2n) is 8.02. The van der Waals surface area contributed by atoms with E-state index in [1.807, 2.05) is 6.08 Å². The zero-order chi connectivity index (χ0) is 20.9. The van der Waals surface area contributed by atoms with Crippen molar-refractivity contribution in [3.05, 3.63) is 12.7 Å². The zero-order valence-electron chi connectivity index (χ0n) is 19.6.